The van der Waals surface area contributed by atoms with Crippen LogP contribution in [0.25, 0.3) is 0 Å². The Bertz CT molecular complexity index is 780. The number of nitrogens with zero attached hydrogens (tertiary/aromatic N) is 1. The molecule has 2 aromatic rings. The molecule has 0 fully saturated rings. The Labute approximate surface area is 154 Å². The fourth-order valence-corrected chi connectivity index (χ4v) is 2.34. The molecule has 1 amide bonds. The minimum Gasteiger partial charge on any atom is -0.507 e. The minimum absolute atomic E-state index is 0.131. The number of carbonyl (C=O) groups excluding carboxylic acids is 1. The predicted molar refractivity (Wildman–Crippen MR) is 104 cm³/mol. The minimum atomic E-state index is -0.379. The molecule has 0 heterocycles. The molecule has 0 aliphatic carbocycles. The zero-order chi connectivity index (χ0) is 18.9. The zero-order valence-electron chi connectivity index (χ0n) is 15.1. The van der Waals surface area contributed by atoms with Crippen molar-refractivity contribution in [3.05, 3.63) is 71.8 Å². The monoisotopic (exact) mass is 352 g/mol. The van der Waals surface area contributed by atoms with Crippen molar-refractivity contribution in [2.75, 3.05) is 6.61 Å². The molecule has 136 valence electrons. The van der Waals surface area contributed by atoms with Gasteiger partial charge < -0.3 is 9.84 Å². The van der Waals surface area contributed by atoms with Crippen LogP contribution >= 0.6 is 0 Å². The van der Waals surface area contributed by atoms with Gasteiger partial charge in [-0.05, 0) is 41.7 Å². The van der Waals surface area contributed by atoms with Crippen molar-refractivity contribution in [2.45, 2.75) is 26.2 Å². The van der Waals surface area contributed by atoms with Gasteiger partial charge in [-0.3, -0.25) is 4.79 Å². The Morgan fingerprint density at radius 2 is 2.00 bits per heavy atom. The quantitative estimate of drug-likeness (QED) is 0.431. The van der Waals surface area contributed by atoms with E-state index < -0.39 is 0 Å². The van der Waals surface area contributed by atoms with Crippen molar-refractivity contribution < 1.29 is 14.6 Å². The average Bonchev–Trinajstić information content (AvgIpc) is 2.63. The number of benzene rings is 2. The van der Waals surface area contributed by atoms with Crippen LogP contribution in [0.4, 0.5) is 0 Å². The molecule has 0 atom stereocenters. The molecule has 5 heteroatoms. The summed E-state index contributed by atoms with van der Waals surface area (Å²) < 4.78 is 5.43. The summed E-state index contributed by atoms with van der Waals surface area (Å²) in [7, 11) is 0. The van der Waals surface area contributed by atoms with Crippen molar-refractivity contribution in [3.8, 4) is 11.5 Å². The van der Waals surface area contributed by atoms with Crippen LogP contribution in [-0.4, -0.2) is 23.8 Å². The Morgan fingerprint density at radius 1 is 1.27 bits per heavy atom. The average molecular weight is 352 g/mol. The summed E-state index contributed by atoms with van der Waals surface area (Å²) >= 11 is 0. The molecule has 0 aliphatic rings. The smallest absolute Gasteiger partial charge is 0.277 e. The van der Waals surface area contributed by atoms with Gasteiger partial charge in [0.05, 0.1) is 6.21 Å². The van der Waals surface area contributed by atoms with Crippen LogP contribution in [0.3, 0.4) is 0 Å². The van der Waals surface area contributed by atoms with Crippen LogP contribution in [0.1, 0.15) is 36.5 Å². The molecule has 0 radical (unpaired) electrons. The Morgan fingerprint density at radius 3 is 2.65 bits per heavy atom. The summed E-state index contributed by atoms with van der Waals surface area (Å²) in [6, 6.07) is 13.0. The van der Waals surface area contributed by atoms with Gasteiger partial charge >= 0.3 is 0 Å². The van der Waals surface area contributed by atoms with E-state index in [0.29, 0.717) is 23.7 Å². The Kier molecular flexibility index (Phi) is 6.97. The van der Waals surface area contributed by atoms with Crippen molar-refractivity contribution in [1.29, 1.82) is 0 Å². The van der Waals surface area contributed by atoms with Gasteiger partial charge in [-0.15, -0.1) is 6.58 Å². The first kappa shape index (κ1) is 19.2. The molecular weight excluding hydrogens is 328 g/mol. The number of aromatic hydroxyl groups is 1. The third-order valence-corrected chi connectivity index (χ3v) is 3.82. The standard InChI is InChI=1S/C21H24N2O3/c1-4-6-17-7-5-8-18(21(17)25)13-22-23-20(24)14-26-19-11-9-16(10-12-19)15(2)3/h4-5,7-13,15,25H,1,6,14H2,2-3H3,(H,23,24). The van der Waals surface area contributed by atoms with Crippen LogP contribution in [0.5, 0.6) is 11.5 Å². The topological polar surface area (TPSA) is 70.9 Å². The van der Waals surface area contributed by atoms with Crippen molar-refractivity contribution in [3.63, 3.8) is 0 Å². The van der Waals surface area contributed by atoms with E-state index in [9.17, 15) is 9.90 Å². The molecule has 2 aromatic carbocycles. The summed E-state index contributed by atoms with van der Waals surface area (Å²) in [6.45, 7) is 7.75. The first-order chi connectivity index (χ1) is 12.5. The number of carbonyl (C=O) groups is 1. The first-order valence-corrected chi connectivity index (χ1v) is 8.47. The summed E-state index contributed by atoms with van der Waals surface area (Å²) in [4.78, 5) is 11.8. The fraction of sp³-hybridized carbons (Fsp3) is 0.238. The normalized spacial score (nSPS) is 10.9. The zero-order valence-corrected chi connectivity index (χ0v) is 15.1. The highest BCUT2D eigenvalue weighted by Crippen LogP contribution is 2.21. The predicted octanol–water partition coefficient (Wildman–Crippen LogP) is 3.77. The molecule has 0 aromatic heterocycles. The lowest BCUT2D eigenvalue weighted by atomic mass is 10.0. The summed E-state index contributed by atoms with van der Waals surface area (Å²) in [5, 5.41) is 14.0. The highest BCUT2D eigenvalue weighted by molar-refractivity contribution is 5.86. The Hall–Kier alpha value is -3.08. The largest absolute Gasteiger partial charge is 0.507 e. The van der Waals surface area contributed by atoms with Crippen LogP contribution < -0.4 is 10.2 Å². The molecule has 2 rings (SSSR count). The van der Waals surface area contributed by atoms with E-state index in [4.69, 9.17) is 4.74 Å². The summed E-state index contributed by atoms with van der Waals surface area (Å²) in [5.74, 6) is 0.828. The van der Waals surface area contributed by atoms with Crippen LogP contribution in [0, 0.1) is 0 Å². The lowest BCUT2D eigenvalue weighted by Gasteiger charge is -2.08. The maximum absolute atomic E-state index is 11.8. The first-order valence-electron chi connectivity index (χ1n) is 8.47. The lowest BCUT2D eigenvalue weighted by molar-refractivity contribution is -0.123. The van der Waals surface area contributed by atoms with Gasteiger partial charge in [0.25, 0.3) is 5.91 Å². The summed E-state index contributed by atoms with van der Waals surface area (Å²) in [5.41, 5.74) is 4.87. The van der Waals surface area contributed by atoms with E-state index in [-0.39, 0.29) is 18.3 Å². The van der Waals surface area contributed by atoms with Gasteiger partial charge in [0, 0.05) is 5.56 Å². The Balaban J connectivity index is 1.86. The number of hydrogen-bond donors (Lipinski definition) is 2. The SMILES string of the molecule is C=CCc1cccc(C=NNC(=O)COc2ccc(C(C)C)cc2)c1O. The molecule has 0 unspecified atom stereocenters. The van der Waals surface area contributed by atoms with Crippen LogP contribution in [0.2, 0.25) is 0 Å². The summed E-state index contributed by atoms with van der Waals surface area (Å²) in [6.07, 6.45) is 3.67. The number of phenolic OH excluding ortho intramolecular Hbond substituents is 1. The third-order valence-electron chi connectivity index (χ3n) is 3.82. The molecule has 0 spiro atoms. The van der Waals surface area contributed by atoms with Gasteiger partial charge in [-0.1, -0.05) is 44.2 Å². The molecule has 0 aliphatic heterocycles. The lowest BCUT2D eigenvalue weighted by Crippen LogP contribution is -2.24. The number of nitrogens with one attached hydrogen (secondary N) is 1. The van der Waals surface area contributed by atoms with Gasteiger partial charge in [-0.2, -0.15) is 5.10 Å². The number of hydrazone groups is 1. The molecule has 5 nitrogen and oxygen atoms in total. The van der Waals surface area contributed by atoms with Gasteiger partial charge in [0.15, 0.2) is 6.61 Å². The number of amides is 1. The molecule has 0 bridgehead atoms. The third kappa shape index (κ3) is 5.48. The maximum atomic E-state index is 11.8. The maximum Gasteiger partial charge on any atom is 0.277 e. The van der Waals surface area contributed by atoms with E-state index in [1.807, 2.05) is 36.4 Å². The highest BCUT2D eigenvalue weighted by atomic mass is 16.5. The van der Waals surface area contributed by atoms with Gasteiger partial charge in [0.2, 0.25) is 0 Å². The second-order valence-electron chi connectivity index (χ2n) is 6.15. The molecule has 0 saturated carbocycles. The van der Waals surface area contributed by atoms with Crippen LogP contribution in [0.15, 0.2) is 60.2 Å². The molecule has 26 heavy (non-hydrogen) atoms. The number of hydrogen-bond acceptors (Lipinski definition) is 4. The fourth-order valence-electron chi connectivity index (χ4n) is 2.34. The second kappa shape index (κ2) is 9.42. The molecule has 0 saturated heterocycles. The van der Waals surface area contributed by atoms with Crippen LogP contribution in [-0.2, 0) is 11.2 Å². The number of rotatable bonds is 8. The van der Waals surface area contributed by atoms with E-state index in [0.717, 1.165) is 5.56 Å². The number of para-hydroxylation sites is 1. The van der Waals surface area contributed by atoms with E-state index in [1.165, 1.54) is 11.8 Å². The number of allylic oxidation sites excluding steroid dienone is 1. The molecule has 2 N–H and O–H groups in total. The van der Waals surface area contributed by atoms with E-state index in [1.54, 1.807) is 12.1 Å². The van der Waals surface area contributed by atoms with Gasteiger partial charge in [0.1, 0.15) is 11.5 Å². The van der Waals surface area contributed by atoms with Crippen molar-refractivity contribution in [2.24, 2.45) is 5.10 Å². The van der Waals surface area contributed by atoms with Gasteiger partial charge in [-0.25, -0.2) is 5.43 Å². The second-order valence-corrected chi connectivity index (χ2v) is 6.15. The van der Waals surface area contributed by atoms with E-state index >= 15 is 0 Å². The number of ether oxygens (including phenoxy) is 1. The highest BCUT2D eigenvalue weighted by Gasteiger charge is 2.05. The van der Waals surface area contributed by atoms with E-state index in [2.05, 4.69) is 31.0 Å². The van der Waals surface area contributed by atoms with Crippen molar-refractivity contribution >= 4 is 12.1 Å². The van der Waals surface area contributed by atoms with Crippen molar-refractivity contribution in [1.82, 2.24) is 5.43 Å². The number of phenols is 1. The molecular formula is C21H24N2O3.